The maximum Gasteiger partial charge on any atom is 0.125 e. The average molecular weight is 243 g/mol. The molecule has 0 rings (SSSR count). The molecule has 0 N–H and O–H groups in total. The van der Waals surface area contributed by atoms with Crippen LogP contribution in [0.3, 0.4) is 0 Å². The second kappa shape index (κ2) is 8.40. The predicted octanol–water partition coefficient (Wildman–Crippen LogP) is 4.16. The first-order chi connectivity index (χ1) is 7.90. The summed E-state index contributed by atoms with van der Waals surface area (Å²) in [4.78, 5) is 4.10. The van der Waals surface area contributed by atoms with Crippen LogP contribution in [0, 0.1) is 5.41 Å². The number of rotatable bonds is 7. The van der Waals surface area contributed by atoms with E-state index in [-0.39, 0.29) is 5.41 Å². The fraction of sp³-hybridized carbons (Fsp3) is 0.786. The molecule has 0 unspecified atom stereocenters. The Morgan fingerprint density at radius 2 is 2.00 bits per heavy atom. The van der Waals surface area contributed by atoms with Crippen LogP contribution < -0.4 is 0 Å². The topological polar surface area (TPSA) is 21.6 Å². The lowest BCUT2D eigenvalue weighted by Gasteiger charge is -2.18. The van der Waals surface area contributed by atoms with Gasteiger partial charge in [0.05, 0.1) is 12.3 Å². The Kier molecular flexibility index (Phi) is 8.05. The Bertz CT molecular complexity index is 264. The minimum Gasteiger partial charge on any atom is -0.375 e. The van der Waals surface area contributed by atoms with Crippen molar-refractivity contribution in [1.82, 2.24) is 0 Å². The normalized spacial score (nSPS) is 14.2. The van der Waals surface area contributed by atoms with E-state index in [1.54, 1.807) is 0 Å². The molecular weight excluding hydrogens is 217 g/mol. The number of ether oxygens (including phenoxy) is 1. The fourth-order valence-corrected chi connectivity index (χ4v) is 1.17. The number of hydrogen-bond donors (Lipinski definition) is 0. The molecule has 0 spiro atoms. The van der Waals surface area contributed by atoms with Crippen molar-refractivity contribution in [3.05, 3.63) is 11.3 Å². The van der Waals surface area contributed by atoms with Crippen molar-refractivity contribution in [1.29, 1.82) is 0 Å². The molecule has 0 amide bonds. The van der Waals surface area contributed by atoms with Gasteiger partial charge >= 0.3 is 0 Å². The van der Waals surface area contributed by atoms with Crippen LogP contribution in [0.15, 0.2) is 16.3 Å². The molecule has 0 aliphatic heterocycles. The average Bonchev–Trinajstić information content (AvgIpc) is 2.25. The van der Waals surface area contributed by atoms with Gasteiger partial charge in [-0.2, -0.15) is 0 Å². The first-order valence-electron chi connectivity index (χ1n) is 6.25. The zero-order valence-electron chi connectivity index (χ0n) is 11.8. The van der Waals surface area contributed by atoms with Crippen LogP contribution in [0.1, 0.15) is 47.5 Å². The number of allylic oxidation sites excluding steroid dienone is 1. The molecule has 0 heterocycles. The molecule has 17 heavy (non-hydrogen) atoms. The van der Waals surface area contributed by atoms with Gasteiger partial charge in [0, 0.05) is 12.8 Å². The van der Waals surface area contributed by atoms with Gasteiger partial charge in [-0.05, 0) is 30.8 Å². The van der Waals surface area contributed by atoms with Crippen LogP contribution in [0.25, 0.3) is 0 Å². The van der Waals surface area contributed by atoms with Crippen molar-refractivity contribution >= 4 is 6.21 Å². The van der Waals surface area contributed by atoms with Gasteiger partial charge in [0.25, 0.3) is 0 Å². The zero-order valence-corrected chi connectivity index (χ0v) is 11.8. The van der Waals surface area contributed by atoms with Gasteiger partial charge in [0.2, 0.25) is 0 Å². The van der Waals surface area contributed by atoms with E-state index in [2.05, 4.69) is 32.7 Å². The van der Waals surface area contributed by atoms with Crippen LogP contribution in [0.5, 0.6) is 0 Å². The maximum atomic E-state index is 12.1. The molecule has 0 aromatic heterocycles. The van der Waals surface area contributed by atoms with Crippen molar-refractivity contribution in [2.24, 2.45) is 10.4 Å². The first kappa shape index (κ1) is 16.3. The number of alkyl halides is 1. The van der Waals surface area contributed by atoms with Crippen LogP contribution >= 0.6 is 0 Å². The van der Waals surface area contributed by atoms with E-state index in [4.69, 9.17) is 4.74 Å². The molecule has 0 atom stereocenters. The van der Waals surface area contributed by atoms with Gasteiger partial charge in [-0.25, -0.2) is 4.39 Å². The number of hydrogen-bond acceptors (Lipinski definition) is 2. The Labute approximate surface area is 105 Å². The van der Waals surface area contributed by atoms with Crippen molar-refractivity contribution in [3.63, 3.8) is 0 Å². The Morgan fingerprint density at radius 3 is 2.47 bits per heavy atom. The first-order valence-corrected chi connectivity index (χ1v) is 6.25. The maximum absolute atomic E-state index is 12.1. The highest BCUT2D eigenvalue weighted by Gasteiger charge is 2.09. The van der Waals surface area contributed by atoms with E-state index in [0.29, 0.717) is 6.61 Å². The molecule has 0 aliphatic carbocycles. The highest BCUT2D eigenvalue weighted by molar-refractivity contribution is 5.60. The van der Waals surface area contributed by atoms with Crippen LogP contribution in [0.4, 0.5) is 4.39 Å². The van der Waals surface area contributed by atoms with Crippen LogP contribution in [0.2, 0.25) is 0 Å². The molecule has 2 nitrogen and oxygen atoms in total. The minimum atomic E-state index is -0.525. The Morgan fingerprint density at radius 1 is 1.35 bits per heavy atom. The highest BCUT2D eigenvalue weighted by Crippen LogP contribution is 2.18. The molecule has 0 aromatic carbocycles. The minimum absolute atomic E-state index is 0.284. The van der Waals surface area contributed by atoms with E-state index in [1.807, 2.05) is 6.92 Å². The molecule has 100 valence electrons. The van der Waals surface area contributed by atoms with Crippen molar-refractivity contribution in [3.8, 4) is 0 Å². The fourth-order valence-electron chi connectivity index (χ4n) is 1.17. The highest BCUT2D eigenvalue weighted by atomic mass is 19.1. The van der Waals surface area contributed by atoms with Gasteiger partial charge in [0.15, 0.2) is 0 Å². The lowest BCUT2D eigenvalue weighted by Crippen LogP contribution is -2.10. The summed E-state index contributed by atoms with van der Waals surface area (Å²) in [5.74, 6) is 0. The number of aliphatic imine (C=N–C) groups is 1. The Hall–Kier alpha value is -0.700. The van der Waals surface area contributed by atoms with Crippen LogP contribution in [-0.4, -0.2) is 26.1 Å². The second-order valence-electron chi connectivity index (χ2n) is 5.41. The van der Waals surface area contributed by atoms with E-state index >= 15 is 0 Å². The number of halogens is 1. The summed E-state index contributed by atoms with van der Waals surface area (Å²) >= 11 is 0. The molecule has 0 saturated carbocycles. The second-order valence-corrected chi connectivity index (χ2v) is 5.41. The van der Waals surface area contributed by atoms with Gasteiger partial charge in [0.1, 0.15) is 6.67 Å². The third-order valence-electron chi connectivity index (χ3n) is 2.57. The predicted molar refractivity (Wildman–Crippen MR) is 72.3 cm³/mol. The van der Waals surface area contributed by atoms with Gasteiger partial charge in [-0.15, -0.1) is 0 Å². The van der Waals surface area contributed by atoms with Crippen molar-refractivity contribution in [2.75, 3.05) is 19.9 Å². The molecule has 0 aliphatic rings. The number of nitrogens with zero attached hydrogens (tertiary/aromatic N) is 1. The van der Waals surface area contributed by atoms with E-state index in [9.17, 15) is 4.39 Å². The summed E-state index contributed by atoms with van der Waals surface area (Å²) in [5.41, 5.74) is 2.30. The molecule has 0 bridgehead atoms. The summed E-state index contributed by atoms with van der Waals surface area (Å²) in [6, 6.07) is 0. The van der Waals surface area contributed by atoms with Crippen molar-refractivity contribution < 1.29 is 9.13 Å². The largest absolute Gasteiger partial charge is 0.375 e. The summed E-state index contributed by atoms with van der Waals surface area (Å²) < 4.78 is 17.7. The van der Waals surface area contributed by atoms with Crippen molar-refractivity contribution in [2.45, 2.75) is 47.5 Å². The lowest BCUT2D eigenvalue weighted by molar-refractivity contribution is 0.125. The quantitative estimate of drug-likeness (QED) is 0.486. The zero-order chi connectivity index (χ0) is 13.3. The molecular formula is C14H26FNO. The van der Waals surface area contributed by atoms with E-state index < -0.39 is 6.67 Å². The monoisotopic (exact) mass is 243 g/mol. The lowest BCUT2D eigenvalue weighted by atomic mass is 9.93. The van der Waals surface area contributed by atoms with Gasteiger partial charge in [-0.1, -0.05) is 27.7 Å². The summed E-state index contributed by atoms with van der Waals surface area (Å²) in [7, 11) is 0. The standard InChI is InChI=1S/C14H26FNO/c1-6-12(2)13(16-9-8-15)11-17-10-7-14(3,4)5/h9H,6-8,10-11H2,1-5H3/b13-12-,16-9?. The van der Waals surface area contributed by atoms with Crippen LogP contribution in [-0.2, 0) is 4.74 Å². The summed E-state index contributed by atoms with van der Waals surface area (Å²) in [5, 5.41) is 0. The van der Waals surface area contributed by atoms with E-state index in [1.165, 1.54) is 6.21 Å². The SMILES string of the molecule is CC/C(C)=C(/COCCC(C)(C)C)N=CCF. The van der Waals surface area contributed by atoms with E-state index in [0.717, 1.165) is 30.7 Å². The smallest absolute Gasteiger partial charge is 0.125 e. The molecule has 0 saturated heterocycles. The molecule has 0 fully saturated rings. The molecule has 0 aromatic rings. The molecule has 3 heteroatoms. The third kappa shape index (κ3) is 9.04. The Balaban J connectivity index is 4.15. The third-order valence-corrected chi connectivity index (χ3v) is 2.57. The summed E-state index contributed by atoms with van der Waals surface area (Å²) in [6.45, 7) is 11.3. The van der Waals surface area contributed by atoms with Gasteiger partial charge in [-0.3, -0.25) is 4.99 Å². The molecule has 0 radical (unpaired) electrons. The van der Waals surface area contributed by atoms with Gasteiger partial charge < -0.3 is 4.74 Å². The summed E-state index contributed by atoms with van der Waals surface area (Å²) in [6.07, 6.45) is 3.22.